The van der Waals surface area contributed by atoms with Crippen LogP contribution in [0.3, 0.4) is 0 Å². The van der Waals surface area contributed by atoms with Crippen LogP contribution in [0.15, 0.2) is 12.2 Å². The Kier molecular flexibility index (Phi) is 35.6. The quantitative estimate of drug-likeness (QED) is 0.0700. The molecule has 0 spiro atoms. The first kappa shape index (κ1) is 86.2. The summed E-state index contributed by atoms with van der Waals surface area (Å²) in [6.45, 7) is 31.8. The van der Waals surface area contributed by atoms with Crippen molar-refractivity contribution in [2.24, 2.45) is 35.5 Å². The lowest BCUT2D eigenvalue weighted by Crippen LogP contribution is -2.64. The molecular weight excluding hydrogens is 1250 g/mol. The molecule has 0 bridgehead atoms. The second-order valence-electron chi connectivity index (χ2n) is 29.7. The number of nitrogens with one attached hydrogen (secondary N) is 4. The van der Waals surface area contributed by atoms with Crippen molar-refractivity contribution in [2.45, 2.75) is 254 Å². The number of nitrogens with zero attached hydrogens (tertiary/aromatic N) is 8. The van der Waals surface area contributed by atoms with E-state index < -0.39 is 161 Å². The van der Waals surface area contributed by atoms with Gasteiger partial charge in [-0.05, 0) is 135 Å². The summed E-state index contributed by atoms with van der Waals surface area (Å²) < 4.78 is 0. The summed E-state index contributed by atoms with van der Waals surface area (Å²) in [7, 11) is 9.96. The summed E-state index contributed by atoms with van der Waals surface area (Å²) in [6, 6.07) is -14.3. The van der Waals surface area contributed by atoms with Gasteiger partial charge in [-0.25, -0.2) is 0 Å². The Hall–Kier alpha value is -5.86. The lowest BCUT2D eigenvalue weighted by Gasteiger charge is -2.41. The number of allylic oxidation sites excluding steroid dienone is 2. The molecule has 25 nitrogen and oxygen atoms in total. The van der Waals surface area contributed by atoms with Gasteiger partial charge >= 0.3 is 0 Å². The highest BCUT2D eigenvalue weighted by Gasteiger charge is 2.47. The van der Waals surface area contributed by atoms with Crippen LogP contribution < -0.4 is 21.3 Å². The molecule has 11 amide bonds. The molecule has 2 heterocycles. The van der Waals surface area contributed by atoms with E-state index in [9.17, 15) is 29.4 Å². The smallest absolute Gasteiger partial charge is 0.246 e. The average molecular weight is 1380 g/mol. The van der Waals surface area contributed by atoms with Gasteiger partial charge in [-0.15, -0.1) is 0 Å². The molecule has 550 valence electrons. The van der Waals surface area contributed by atoms with Crippen molar-refractivity contribution in [3.8, 4) is 0 Å². The third kappa shape index (κ3) is 24.8. The first-order valence-electron chi connectivity index (χ1n) is 34.9. The molecule has 26 heteroatoms. The molecule has 2 rings (SSSR count). The Morgan fingerprint density at radius 3 is 1.52 bits per heavy atom. The van der Waals surface area contributed by atoms with Crippen molar-refractivity contribution >= 4 is 76.7 Å². The highest BCUT2D eigenvalue weighted by molar-refractivity contribution is 7.99. The fourth-order valence-corrected chi connectivity index (χ4v) is 13.6. The van der Waals surface area contributed by atoms with Crippen LogP contribution in [0.2, 0.25) is 0 Å². The van der Waals surface area contributed by atoms with E-state index in [1.54, 1.807) is 54.5 Å². The summed E-state index contributed by atoms with van der Waals surface area (Å²) in [5, 5.41) is 34.9. The Morgan fingerprint density at radius 1 is 0.531 bits per heavy atom. The number of carbonyl (C=O) groups is 11. The fraction of sp³-hybridized carbons (Fsp3) is 0.814. The van der Waals surface area contributed by atoms with E-state index in [1.807, 2.05) is 47.6 Å². The molecule has 2 aliphatic heterocycles. The highest BCUT2D eigenvalue weighted by atomic mass is 32.2. The van der Waals surface area contributed by atoms with E-state index in [-0.39, 0.29) is 55.6 Å². The second-order valence-corrected chi connectivity index (χ2v) is 30.8. The number of rotatable bonds is 21. The minimum Gasteiger partial charge on any atom is -0.390 e. The molecule has 0 unspecified atom stereocenters. The zero-order valence-corrected chi connectivity index (χ0v) is 63.6. The number of aliphatic hydroxyl groups excluding tert-OH is 1. The molecule has 13 atom stereocenters. The van der Waals surface area contributed by atoms with Crippen LogP contribution in [0, 0.1) is 35.5 Å². The van der Waals surface area contributed by atoms with Gasteiger partial charge in [0.15, 0.2) is 0 Å². The van der Waals surface area contributed by atoms with E-state index >= 15 is 33.6 Å². The van der Waals surface area contributed by atoms with Gasteiger partial charge in [-0.3, -0.25) is 52.7 Å². The minimum absolute atomic E-state index is 0.0181. The van der Waals surface area contributed by atoms with Crippen LogP contribution in [-0.4, -0.2) is 273 Å². The largest absolute Gasteiger partial charge is 0.390 e. The molecule has 0 aliphatic carbocycles. The predicted molar refractivity (Wildman–Crippen MR) is 376 cm³/mol. The van der Waals surface area contributed by atoms with Crippen molar-refractivity contribution in [1.29, 1.82) is 0 Å². The van der Waals surface area contributed by atoms with Gasteiger partial charge in [-0.1, -0.05) is 95.2 Å². The van der Waals surface area contributed by atoms with E-state index in [2.05, 4.69) is 26.2 Å². The summed E-state index contributed by atoms with van der Waals surface area (Å²) in [5.74, 6) is -9.29. The van der Waals surface area contributed by atoms with Crippen LogP contribution in [0.25, 0.3) is 0 Å². The number of thioether (sulfide) groups is 1. The van der Waals surface area contributed by atoms with Crippen LogP contribution in [0.4, 0.5) is 0 Å². The number of hydrogen-bond donors (Lipinski definition) is 6. The highest BCUT2D eigenvalue weighted by Crippen LogP contribution is 2.27. The van der Waals surface area contributed by atoms with Crippen molar-refractivity contribution < 1.29 is 63.0 Å². The molecule has 0 saturated carbocycles. The Balaban J connectivity index is 3.13. The number of aliphatic hydroxyl groups is 2. The average Bonchev–Trinajstić information content (AvgIpc) is 1.16. The second kappa shape index (κ2) is 39.7. The Labute approximate surface area is 579 Å². The van der Waals surface area contributed by atoms with Crippen LogP contribution >= 0.6 is 11.8 Å². The molecule has 0 aromatic heterocycles. The minimum atomic E-state index is -1.65. The number of hydrogen-bond acceptors (Lipinski definition) is 15. The molecular formula is C70H126N12O13S. The van der Waals surface area contributed by atoms with Gasteiger partial charge in [0.05, 0.1) is 11.7 Å². The van der Waals surface area contributed by atoms with Gasteiger partial charge in [0.2, 0.25) is 65.0 Å². The molecule has 2 fully saturated rings. The van der Waals surface area contributed by atoms with Gasteiger partial charge in [0.25, 0.3) is 0 Å². The molecule has 2 saturated heterocycles. The summed E-state index contributed by atoms with van der Waals surface area (Å²) >= 11 is 1.42. The lowest BCUT2D eigenvalue weighted by molar-refractivity contribution is -0.157. The number of carbonyl (C=O) groups excluding carboxylic acids is 11. The SMILES string of the molecule is C/C=C/C[C@@H](C)[C@@H](O)[C@H]1C(=O)N[C@H](CC)C(=O)N(C)[C@H](CSCCN2CCCC2)C(=O)N(C)[C@@H](CC(C)(C)O)C(=O)N[C@H](C(C)C)C(=O)N(C)[C@H](CC(C)C)C(=O)N[C@H](C)C(=O)N[C@@H](C)C(=O)N(C)[C@@H](CC(C)C)C(=O)N(C)[C@H](CCC(C)C)C(=O)N(C)[C@H](C(C)C)C(=O)N1C. The Morgan fingerprint density at radius 2 is 1.01 bits per heavy atom. The number of amides is 11. The maximum Gasteiger partial charge on any atom is 0.246 e. The first-order valence-corrected chi connectivity index (χ1v) is 36.0. The molecule has 96 heavy (non-hydrogen) atoms. The van der Waals surface area contributed by atoms with E-state index in [4.69, 9.17) is 0 Å². The number of likely N-dealkylation sites (N-methyl/N-ethyl adjacent to an activating group) is 7. The molecule has 2 aliphatic rings. The molecule has 6 N–H and O–H groups in total. The van der Waals surface area contributed by atoms with Gasteiger partial charge in [0.1, 0.15) is 66.5 Å². The molecule has 0 aromatic carbocycles. The predicted octanol–water partition coefficient (Wildman–Crippen LogP) is 3.97. The number of likely N-dealkylation sites (tertiary alicyclic amines) is 1. The third-order valence-corrected chi connectivity index (χ3v) is 19.8. The molecule has 0 radical (unpaired) electrons. The van der Waals surface area contributed by atoms with Crippen molar-refractivity contribution in [2.75, 3.05) is 80.5 Å². The summed E-state index contributed by atoms with van der Waals surface area (Å²) in [6.07, 6.45) is 5.03. The summed E-state index contributed by atoms with van der Waals surface area (Å²) in [4.78, 5) is 176. The molecule has 0 aromatic rings. The van der Waals surface area contributed by atoms with E-state index in [0.717, 1.165) is 35.7 Å². The van der Waals surface area contributed by atoms with Crippen LogP contribution in [0.1, 0.15) is 175 Å². The van der Waals surface area contributed by atoms with Crippen molar-refractivity contribution in [3.63, 3.8) is 0 Å². The van der Waals surface area contributed by atoms with Crippen molar-refractivity contribution in [1.82, 2.24) is 60.5 Å². The lowest BCUT2D eigenvalue weighted by atomic mass is 9.91. The van der Waals surface area contributed by atoms with Gasteiger partial charge < -0.3 is 70.7 Å². The van der Waals surface area contributed by atoms with Crippen LogP contribution in [0.5, 0.6) is 0 Å². The Bertz CT molecular complexity index is 2630. The van der Waals surface area contributed by atoms with Gasteiger partial charge in [0, 0.05) is 73.8 Å². The zero-order chi connectivity index (χ0) is 73.7. The van der Waals surface area contributed by atoms with Gasteiger partial charge in [-0.2, -0.15) is 11.8 Å². The summed E-state index contributed by atoms with van der Waals surface area (Å²) in [5.41, 5.74) is -1.58. The first-order chi connectivity index (χ1) is 44.5. The fourth-order valence-electron chi connectivity index (χ4n) is 12.5. The van der Waals surface area contributed by atoms with Crippen molar-refractivity contribution in [3.05, 3.63) is 12.2 Å². The van der Waals surface area contributed by atoms with E-state index in [1.165, 1.54) is 113 Å². The normalized spacial score (nSPS) is 27.1. The standard InChI is InChI=1S/C70H126N12O13S/c1-25-27-30-46(13)58(83)57-62(87)73-49(26-2)64(89)79(22)54(40-96-36-35-82-33-28-29-34-82)67(92)78(21)53(39-70(16,17)95)61(86)74-55(44(9)10)68(93)76(19)51(37-42(5)6)60(85)71-47(14)59(84)72-48(15)63(88)77(20)52(38-43(7)8)66(91)75(18)50(32-31-41(3)4)65(90)80(23)56(45(11)12)69(94)81(57)24/h25,27,41-58,83,95H,26,28-40H2,1-24H3,(H,71,85)(H,72,84)(H,73,87)(H,74,86)/b27-25+/t46-,47-,48+,49-,50-,51-,52+,53+,54-,55-,56-,57+,58-/m1/s1. The topological polar surface area (TPSA) is 302 Å². The zero-order valence-electron chi connectivity index (χ0n) is 62.8. The monoisotopic (exact) mass is 1370 g/mol. The third-order valence-electron chi connectivity index (χ3n) is 18.7. The maximum atomic E-state index is 15.4. The maximum absolute atomic E-state index is 15.4. The van der Waals surface area contributed by atoms with Crippen LogP contribution in [-0.2, 0) is 52.7 Å². The van der Waals surface area contributed by atoms with E-state index in [0.29, 0.717) is 25.1 Å².